The molecule has 0 spiro atoms. The van der Waals surface area contributed by atoms with Crippen molar-refractivity contribution in [2.45, 2.75) is 87.9 Å². The molecule has 6 heterocycles. The second-order valence-corrected chi connectivity index (χ2v) is 12.7. The third-order valence-corrected chi connectivity index (χ3v) is 10.4. The minimum absolute atomic E-state index is 0.0990. The van der Waals surface area contributed by atoms with E-state index in [0.717, 1.165) is 48.8 Å². The van der Waals surface area contributed by atoms with Crippen molar-refractivity contribution in [3.8, 4) is 6.01 Å². The lowest BCUT2D eigenvalue weighted by Crippen LogP contribution is -2.52. The molecule has 7 nitrogen and oxygen atoms in total. The van der Waals surface area contributed by atoms with Gasteiger partial charge in [-0.3, -0.25) is 4.90 Å². The zero-order chi connectivity index (χ0) is 26.2. The Balaban J connectivity index is 1.12. The molecule has 4 saturated heterocycles. The lowest BCUT2D eigenvalue weighted by atomic mass is 9.95. The Bertz CT molecular complexity index is 1260. The van der Waals surface area contributed by atoms with Gasteiger partial charge in [-0.25, -0.2) is 8.78 Å². The SMILES string of the molecule is FC1(F)CCc2c(N3CCc4c(nc(OCC56CCCN5CCC6)nc4N4CC5CCC(C4)N5)C3)cccc21. The smallest absolute Gasteiger partial charge is 0.318 e. The molecule has 2 unspecified atom stereocenters. The quantitative estimate of drug-likeness (QED) is 0.620. The molecule has 208 valence electrons. The first-order chi connectivity index (χ1) is 19.0. The highest BCUT2D eigenvalue weighted by molar-refractivity contribution is 5.62. The zero-order valence-electron chi connectivity index (χ0n) is 22.6. The Morgan fingerprint density at radius 2 is 1.72 bits per heavy atom. The van der Waals surface area contributed by atoms with Crippen molar-refractivity contribution in [3.05, 3.63) is 40.6 Å². The number of hydrogen-bond acceptors (Lipinski definition) is 7. The van der Waals surface area contributed by atoms with Crippen LogP contribution >= 0.6 is 0 Å². The van der Waals surface area contributed by atoms with E-state index >= 15 is 0 Å². The third kappa shape index (κ3) is 4.02. The Hall–Kier alpha value is -2.52. The van der Waals surface area contributed by atoms with Crippen molar-refractivity contribution in [1.29, 1.82) is 0 Å². The van der Waals surface area contributed by atoms with Gasteiger partial charge >= 0.3 is 6.01 Å². The topological polar surface area (TPSA) is 56.8 Å². The Labute approximate surface area is 228 Å². The number of ether oxygens (including phenoxy) is 1. The number of halogens is 2. The van der Waals surface area contributed by atoms with Crippen LogP contribution in [0.5, 0.6) is 6.01 Å². The van der Waals surface area contributed by atoms with Crippen LogP contribution in [0.3, 0.4) is 0 Å². The van der Waals surface area contributed by atoms with Crippen molar-refractivity contribution in [3.63, 3.8) is 0 Å². The first-order valence-electron chi connectivity index (χ1n) is 15.0. The first kappa shape index (κ1) is 24.3. The number of benzene rings is 1. The van der Waals surface area contributed by atoms with Crippen molar-refractivity contribution in [1.82, 2.24) is 20.2 Å². The average molecular weight is 537 g/mol. The number of aromatic nitrogens is 2. The Kier molecular flexibility index (Phi) is 5.60. The van der Waals surface area contributed by atoms with E-state index in [2.05, 4.69) is 20.0 Å². The van der Waals surface area contributed by atoms with E-state index < -0.39 is 5.92 Å². The van der Waals surface area contributed by atoms with Gasteiger partial charge < -0.3 is 19.9 Å². The van der Waals surface area contributed by atoms with Gasteiger partial charge in [-0.1, -0.05) is 12.1 Å². The maximum Gasteiger partial charge on any atom is 0.318 e. The van der Waals surface area contributed by atoms with E-state index in [-0.39, 0.29) is 17.5 Å². The lowest BCUT2D eigenvalue weighted by Gasteiger charge is -2.38. The molecule has 5 aliphatic heterocycles. The molecule has 0 saturated carbocycles. The maximum atomic E-state index is 14.5. The molecule has 8 rings (SSSR count). The molecule has 4 fully saturated rings. The first-order valence-corrected chi connectivity index (χ1v) is 15.0. The average Bonchev–Trinajstić information content (AvgIpc) is 3.69. The molecule has 9 heteroatoms. The molecule has 1 N–H and O–H groups in total. The highest BCUT2D eigenvalue weighted by Crippen LogP contribution is 2.46. The number of nitrogens with zero attached hydrogens (tertiary/aromatic N) is 5. The van der Waals surface area contributed by atoms with E-state index in [0.29, 0.717) is 37.7 Å². The highest BCUT2D eigenvalue weighted by atomic mass is 19.3. The fraction of sp³-hybridized carbons (Fsp3) is 0.667. The van der Waals surface area contributed by atoms with Gasteiger partial charge in [0.15, 0.2) is 0 Å². The number of nitrogens with one attached hydrogen (secondary N) is 1. The minimum Gasteiger partial charge on any atom is -0.461 e. The van der Waals surface area contributed by atoms with E-state index in [9.17, 15) is 8.78 Å². The van der Waals surface area contributed by atoms with Crippen LogP contribution < -0.4 is 19.9 Å². The number of rotatable bonds is 5. The summed E-state index contributed by atoms with van der Waals surface area (Å²) >= 11 is 0. The number of anilines is 2. The zero-order valence-corrected chi connectivity index (χ0v) is 22.6. The fourth-order valence-corrected chi connectivity index (χ4v) is 8.44. The van der Waals surface area contributed by atoms with E-state index in [1.54, 1.807) is 12.1 Å². The molecular weight excluding hydrogens is 498 g/mol. The summed E-state index contributed by atoms with van der Waals surface area (Å²) < 4.78 is 35.6. The summed E-state index contributed by atoms with van der Waals surface area (Å²) in [6, 6.07) is 6.90. The molecule has 0 amide bonds. The molecule has 1 aliphatic carbocycles. The molecule has 1 aromatic carbocycles. The normalized spacial score (nSPS) is 28.5. The second kappa shape index (κ2) is 8.99. The minimum atomic E-state index is -2.73. The molecule has 2 atom stereocenters. The largest absolute Gasteiger partial charge is 0.461 e. The van der Waals surface area contributed by atoms with Crippen molar-refractivity contribution in [2.24, 2.45) is 0 Å². The predicted octanol–water partition coefficient (Wildman–Crippen LogP) is 4.03. The van der Waals surface area contributed by atoms with Gasteiger partial charge in [-0.15, -0.1) is 0 Å². The van der Waals surface area contributed by atoms with Gasteiger partial charge in [0.25, 0.3) is 5.92 Å². The molecule has 2 bridgehead atoms. The van der Waals surface area contributed by atoms with Gasteiger partial charge in [-0.2, -0.15) is 9.97 Å². The van der Waals surface area contributed by atoms with Crippen LogP contribution in [0.15, 0.2) is 18.2 Å². The lowest BCUT2D eigenvalue weighted by molar-refractivity contribution is -0.00183. The van der Waals surface area contributed by atoms with E-state index in [1.165, 1.54) is 57.2 Å². The van der Waals surface area contributed by atoms with Gasteiger partial charge in [0.2, 0.25) is 0 Å². The maximum absolute atomic E-state index is 14.5. The molecular formula is C30H38F2N6O. The van der Waals surface area contributed by atoms with Crippen LogP contribution in [0.1, 0.15) is 67.3 Å². The number of fused-ring (bicyclic) bond motifs is 5. The van der Waals surface area contributed by atoms with Crippen molar-refractivity contribution >= 4 is 11.5 Å². The van der Waals surface area contributed by atoms with Gasteiger partial charge in [0, 0.05) is 55.0 Å². The van der Waals surface area contributed by atoms with Crippen LogP contribution in [-0.2, 0) is 25.3 Å². The molecule has 0 radical (unpaired) electrons. The summed E-state index contributed by atoms with van der Waals surface area (Å²) in [5.41, 5.74) is 4.27. The number of piperazine rings is 1. The summed E-state index contributed by atoms with van der Waals surface area (Å²) in [4.78, 5) is 17.4. The van der Waals surface area contributed by atoms with Gasteiger partial charge in [0.05, 0.1) is 17.8 Å². The molecule has 1 aromatic heterocycles. The molecule has 39 heavy (non-hydrogen) atoms. The van der Waals surface area contributed by atoms with Crippen LogP contribution in [0.4, 0.5) is 20.3 Å². The van der Waals surface area contributed by atoms with E-state index in [4.69, 9.17) is 14.7 Å². The van der Waals surface area contributed by atoms with Gasteiger partial charge in [0.1, 0.15) is 12.4 Å². The standard InChI is InChI=1S/C30H38F2N6O/c31-30(32)12-8-22-24(30)4-1-5-26(22)36-15-9-23-25(18-36)34-28(39-19-29-10-2-13-38(29)14-3-11-29)35-27(23)37-16-20-6-7-21(17-37)33-20/h1,4-5,20-21,33H,2-3,6-19H2. The van der Waals surface area contributed by atoms with Crippen LogP contribution in [0.25, 0.3) is 0 Å². The highest BCUT2D eigenvalue weighted by Gasteiger charge is 2.45. The summed E-state index contributed by atoms with van der Waals surface area (Å²) in [5.74, 6) is -1.70. The molecule has 2 aromatic rings. The van der Waals surface area contributed by atoms with Gasteiger partial charge in [-0.05, 0) is 76.1 Å². The van der Waals surface area contributed by atoms with E-state index in [1.807, 2.05) is 6.07 Å². The fourth-order valence-electron chi connectivity index (χ4n) is 8.44. The van der Waals surface area contributed by atoms with Crippen molar-refractivity contribution < 1.29 is 13.5 Å². The number of hydrogen-bond donors (Lipinski definition) is 1. The number of alkyl halides is 2. The predicted molar refractivity (Wildman–Crippen MR) is 146 cm³/mol. The summed E-state index contributed by atoms with van der Waals surface area (Å²) in [6.07, 6.45) is 8.40. The monoisotopic (exact) mass is 536 g/mol. The van der Waals surface area contributed by atoms with Crippen LogP contribution in [0.2, 0.25) is 0 Å². The van der Waals surface area contributed by atoms with Crippen molar-refractivity contribution in [2.75, 3.05) is 49.1 Å². The summed E-state index contributed by atoms with van der Waals surface area (Å²) in [5, 5.41) is 3.74. The third-order valence-electron chi connectivity index (χ3n) is 10.4. The second-order valence-electron chi connectivity index (χ2n) is 12.7. The Morgan fingerprint density at radius 3 is 2.51 bits per heavy atom. The molecule has 6 aliphatic rings. The summed E-state index contributed by atoms with van der Waals surface area (Å²) in [7, 11) is 0. The van der Waals surface area contributed by atoms with Crippen LogP contribution in [-0.4, -0.2) is 71.8 Å². The Morgan fingerprint density at radius 1 is 0.923 bits per heavy atom. The van der Waals surface area contributed by atoms with Crippen LogP contribution in [0, 0.1) is 0 Å². The summed E-state index contributed by atoms with van der Waals surface area (Å²) in [6.45, 7) is 6.27.